The van der Waals surface area contributed by atoms with Gasteiger partial charge in [-0.15, -0.1) is 11.8 Å². The summed E-state index contributed by atoms with van der Waals surface area (Å²) < 4.78 is 10.5. The smallest absolute Gasteiger partial charge is 0.343 e. The van der Waals surface area contributed by atoms with Gasteiger partial charge in [-0.05, 0) is 61.2 Å². The van der Waals surface area contributed by atoms with E-state index in [0.717, 1.165) is 24.2 Å². The molecule has 2 aromatic rings. The fraction of sp³-hybridized carbons (Fsp3) is 0.300. The molecule has 132 valence electrons. The van der Waals surface area contributed by atoms with Crippen LogP contribution in [0.5, 0.6) is 5.75 Å². The second-order valence-corrected chi connectivity index (χ2v) is 6.37. The summed E-state index contributed by atoms with van der Waals surface area (Å²) in [5.74, 6) is -0.342. The van der Waals surface area contributed by atoms with Gasteiger partial charge in [0.05, 0.1) is 17.7 Å². The molecule has 0 N–H and O–H groups in total. The zero-order valence-corrected chi connectivity index (χ0v) is 15.3. The number of ether oxygens (including phenoxy) is 2. The highest BCUT2D eigenvalue weighted by atomic mass is 32.2. The monoisotopic (exact) mass is 358 g/mol. The summed E-state index contributed by atoms with van der Waals surface area (Å²) in [4.78, 5) is 25.1. The average Bonchev–Trinajstić information content (AvgIpc) is 2.66. The van der Waals surface area contributed by atoms with E-state index in [1.165, 1.54) is 0 Å². The quantitative estimate of drug-likeness (QED) is 0.288. The molecule has 0 heterocycles. The lowest BCUT2D eigenvalue weighted by atomic mass is 10.1. The molecule has 0 bridgehead atoms. The molecule has 0 radical (unpaired) electrons. The van der Waals surface area contributed by atoms with Crippen LogP contribution in [0.15, 0.2) is 53.4 Å². The number of thioether (sulfide) groups is 1. The SMILES string of the molecule is CCCCCOC(=O)c1ccc(C(=O)Oc2ccc(SC)cc2)cc1. The number of hydrogen-bond donors (Lipinski definition) is 0. The minimum atomic E-state index is -0.459. The molecule has 0 aromatic heterocycles. The van der Waals surface area contributed by atoms with Crippen LogP contribution in [0.4, 0.5) is 0 Å². The van der Waals surface area contributed by atoms with Gasteiger partial charge >= 0.3 is 11.9 Å². The van der Waals surface area contributed by atoms with Crippen molar-refractivity contribution < 1.29 is 19.1 Å². The van der Waals surface area contributed by atoms with Gasteiger partial charge in [0, 0.05) is 4.90 Å². The maximum Gasteiger partial charge on any atom is 0.343 e. The van der Waals surface area contributed by atoms with Crippen molar-refractivity contribution in [1.29, 1.82) is 0 Å². The van der Waals surface area contributed by atoms with Gasteiger partial charge in [0.15, 0.2) is 0 Å². The van der Waals surface area contributed by atoms with Gasteiger partial charge in [0.1, 0.15) is 5.75 Å². The molecule has 0 aliphatic rings. The highest BCUT2D eigenvalue weighted by Gasteiger charge is 2.11. The molecule has 0 aliphatic carbocycles. The van der Waals surface area contributed by atoms with E-state index in [2.05, 4.69) is 6.92 Å². The number of carbonyl (C=O) groups excluding carboxylic acids is 2. The van der Waals surface area contributed by atoms with Crippen LogP contribution in [0.25, 0.3) is 0 Å². The summed E-state index contributed by atoms with van der Waals surface area (Å²) in [5, 5.41) is 0. The Morgan fingerprint density at radius 1 is 0.880 bits per heavy atom. The molecular formula is C20H22O4S. The van der Waals surface area contributed by atoms with Crippen molar-refractivity contribution in [3.05, 3.63) is 59.7 Å². The zero-order valence-electron chi connectivity index (χ0n) is 14.5. The zero-order chi connectivity index (χ0) is 18.1. The van der Waals surface area contributed by atoms with Crippen LogP contribution >= 0.6 is 11.8 Å². The molecule has 0 saturated heterocycles. The Morgan fingerprint density at radius 3 is 2.04 bits per heavy atom. The van der Waals surface area contributed by atoms with Crippen LogP contribution < -0.4 is 4.74 Å². The highest BCUT2D eigenvalue weighted by Crippen LogP contribution is 2.20. The van der Waals surface area contributed by atoms with Crippen LogP contribution in [-0.4, -0.2) is 24.8 Å². The van der Waals surface area contributed by atoms with E-state index < -0.39 is 5.97 Å². The topological polar surface area (TPSA) is 52.6 Å². The van der Waals surface area contributed by atoms with E-state index in [1.807, 2.05) is 18.4 Å². The van der Waals surface area contributed by atoms with Crippen LogP contribution in [-0.2, 0) is 4.74 Å². The normalized spacial score (nSPS) is 10.3. The third-order valence-corrected chi connectivity index (χ3v) is 4.35. The lowest BCUT2D eigenvalue weighted by molar-refractivity contribution is 0.0497. The summed E-state index contributed by atoms with van der Waals surface area (Å²) in [5.41, 5.74) is 0.814. The van der Waals surface area contributed by atoms with Crippen LogP contribution in [0, 0.1) is 0 Å². The van der Waals surface area contributed by atoms with E-state index in [1.54, 1.807) is 48.2 Å². The molecular weight excluding hydrogens is 336 g/mol. The maximum absolute atomic E-state index is 12.2. The van der Waals surface area contributed by atoms with Crippen molar-refractivity contribution in [1.82, 2.24) is 0 Å². The number of carbonyl (C=O) groups is 2. The Labute approximate surface area is 152 Å². The van der Waals surface area contributed by atoms with Gasteiger partial charge < -0.3 is 9.47 Å². The third-order valence-electron chi connectivity index (χ3n) is 3.61. The summed E-state index contributed by atoms with van der Waals surface area (Å²) in [6.45, 7) is 2.51. The Kier molecular flexibility index (Phi) is 7.54. The first-order valence-corrected chi connectivity index (χ1v) is 9.50. The van der Waals surface area contributed by atoms with Crippen molar-refractivity contribution in [2.45, 2.75) is 31.1 Å². The number of benzene rings is 2. The van der Waals surface area contributed by atoms with Crippen molar-refractivity contribution in [2.75, 3.05) is 12.9 Å². The lowest BCUT2D eigenvalue weighted by Gasteiger charge is -2.07. The number of unbranched alkanes of at least 4 members (excludes halogenated alkanes) is 2. The van der Waals surface area contributed by atoms with E-state index in [-0.39, 0.29) is 5.97 Å². The van der Waals surface area contributed by atoms with Crippen LogP contribution in [0.1, 0.15) is 46.9 Å². The van der Waals surface area contributed by atoms with Crippen molar-refractivity contribution in [2.24, 2.45) is 0 Å². The van der Waals surface area contributed by atoms with Gasteiger partial charge in [-0.2, -0.15) is 0 Å². The molecule has 0 spiro atoms. The molecule has 0 aliphatic heterocycles. The maximum atomic E-state index is 12.2. The van der Waals surface area contributed by atoms with Crippen molar-refractivity contribution >= 4 is 23.7 Å². The minimum absolute atomic E-state index is 0.372. The summed E-state index contributed by atoms with van der Waals surface area (Å²) in [6, 6.07) is 13.6. The van der Waals surface area contributed by atoms with E-state index in [9.17, 15) is 9.59 Å². The first-order valence-electron chi connectivity index (χ1n) is 8.27. The first-order chi connectivity index (χ1) is 12.1. The molecule has 4 nitrogen and oxygen atoms in total. The second-order valence-electron chi connectivity index (χ2n) is 5.49. The molecule has 0 amide bonds. The fourth-order valence-corrected chi connectivity index (χ4v) is 2.56. The predicted octanol–water partition coefficient (Wildman–Crippen LogP) is 4.97. The molecule has 0 atom stereocenters. The van der Waals surface area contributed by atoms with E-state index >= 15 is 0 Å². The van der Waals surface area contributed by atoms with Crippen LogP contribution in [0.3, 0.4) is 0 Å². The third kappa shape index (κ3) is 5.94. The molecule has 2 aromatic carbocycles. The Balaban J connectivity index is 1.91. The van der Waals surface area contributed by atoms with Gasteiger partial charge in [-0.3, -0.25) is 0 Å². The van der Waals surface area contributed by atoms with Gasteiger partial charge in [0.25, 0.3) is 0 Å². The Morgan fingerprint density at radius 2 is 1.48 bits per heavy atom. The Hall–Kier alpha value is -2.27. The second kappa shape index (κ2) is 9.89. The molecule has 5 heteroatoms. The fourth-order valence-electron chi connectivity index (χ4n) is 2.15. The van der Waals surface area contributed by atoms with Gasteiger partial charge in [0.2, 0.25) is 0 Å². The van der Waals surface area contributed by atoms with Crippen molar-refractivity contribution in [3.8, 4) is 5.75 Å². The molecule has 0 saturated carbocycles. The minimum Gasteiger partial charge on any atom is -0.462 e. The molecule has 0 unspecified atom stereocenters. The van der Waals surface area contributed by atoms with Crippen LogP contribution in [0.2, 0.25) is 0 Å². The number of rotatable bonds is 8. The molecule has 25 heavy (non-hydrogen) atoms. The predicted molar refractivity (Wildman–Crippen MR) is 99.4 cm³/mol. The van der Waals surface area contributed by atoms with Crippen molar-refractivity contribution in [3.63, 3.8) is 0 Å². The number of hydrogen-bond acceptors (Lipinski definition) is 5. The average molecular weight is 358 g/mol. The van der Waals surface area contributed by atoms with Gasteiger partial charge in [-0.25, -0.2) is 9.59 Å². The summed E-state index contributed by atoms with van der Waals surface area (Å²) in [7, 11) is 0. The standard InChI is InChI=1S/C20H22O4S/c1-3-4-5-14-23-19(21)15-6-8-16(9-7-15)20(22)24-17-10-12-18(25-2)13-11-17/h6-13H,3-5,14H2,1-2H3. The number of esters is 2. The van der Waals surface area contributed by atoms with Gasteiger partial charge in [-0.1, -0.05) is 19.8 Å². The summed E-state index contributed by atoms with van der Waals surface area (Å²) in [6.07, 6.45) is 4.96. The summed E-state index contributed by atoms with van der Waals surface area (Å²) >= 11 is 1.62. The highest BCUT2D eigenvalue weighted by molar-refractivity contribution is 7.98. The Bertz CT molecular complexity index is 693. The largest absolute Gasteiger partial charge is 0.462 e. The molecule has 2 rings (SSSR count). The lowest BCUT2D eigenvalue weighted by Crippen LogP contribution is -2.10. The first kappa shape index (κ1) is 19.1. The molecule has 0 fully saturated rings. The van der Waals surface area contributed by atoms with E-state index in [0.29, 0.717) is 23.5 Å². The van der Waals surface area contributed by atoms with E-state index in [4.69, 9.17) is 9.47 Å².